The number of Topliss-reactive ketones (excluding diaryl/α,β-unsaturated/α-hetero) is 1. The average molecular weight is 317 g/mol. The topological polar surface area (TPSA) is 95.1 Å². The standard InChI is InChI=1S/C17H23N3O3/c1-3-4-5-6-12-9-11(2)16(22)15(17(12)23)20-19-14-8-7-13(21)10-18-14/h7-8,10-12,21-22H,3-6,9H2,1-2H3. The first-order valence-corrected chi connectivity index (χ1v) is 8.07. The summed E-state index contributed by atoms with van der Waals surface area (Å²) in [5, 5.41) is 27.2. The largest absolute Gasteiger partial charge is 0.510 e. The average Bonchev–Trinajstić information content (AvgIpc) is 2.54. The zero-order valence-electron chi connectivity index (χ0n) is 13.6. The number of aliphatic hydroxyl groups is 1. The summed E-state index contributed by atoms with van der Waals surface area (Å²) in [5.41, 5.74) is 0.0418. The van der Waals surface area contributed by atoms with Crippen molar-refractivity contribution in [1.29, 1.82) is 0 Å². The predicted octanol–water partition coefficient (Wildman–Crippen LogP) is 4.45. The Morgan fingerprint density at radius 2 is 2.04 bits per heavy atom. The number of rotatable bonds is 6. The van der Waals surface area contributed by atoms with E-state index in [-0.39, 0.29) is 40.6 Å². The van der Waals surface area contributed by atoms with Crippen LogP contribution in [0, 0.1) is 11.8 Å². The molecule has 6 nitrogen and oxygen atoms in total. The number of aromatic hydroxyl groups is 1. The number of hydrogen-bond acceptors (Lipinski definition) is 6. The van der Waals surface area contributed by atoms with Crippen LogP contribution in [0.25, 0.3) is 0 Å². The maximum absolute atomic E-state index is 12.5. The molecule has 1 heterocycles. The van der Waals surface area contributed by atoms with Gasteiger partial charge >= 0.3 is 0 Å². The molecule has 0 radical (unpaired) electrons. The number of allylic oxidation sites excluding steroid dienone is 2. The van der Waals surface area contributed by atoms with E-state index >= 15 is 0 Å². The van der Waals surface area contributed by atoms with Gasteiger partial charge in [-0.2, -0.15) is 0 Å². The van der Waals surface area contributed by atoms with E-state index in [1.807, 2.05) is 6.92 Å². The molecule has 0 amide bonds. The molecule has 0 fully saturated rings. The lowest BCUT2D eigenvalue weighted by Gasteiger charge is -2.25. The zero-order chi connectivity index (χ0) is 16.8. The highest BCUT2D eigenvalue weighted by atomic mass is 16.3. The van der Waals surface area contributed by atoms with Gasteiger partial charge in [0, 0.05) is 11.8 Å². The number of hydrogen-bond donors (Lipinski definition) is 2. The Labute approximate surface area is 136 Å². The van der Waals surface area contributed by atoms with Gasteiger partial charge in [0.2, 0.25) is 0 Å². The number of aromatic nitrogens is 1. The number of carbonyl (C=O) groups is 1. The second kappa shape index (κ2) is 7.85. The summed E-state index contributed by atoms with van der Waals surface area (Å²) in [7, 11) is 0. The highest BCUT2D eigenvalue weighted by Crippen LogP contribution is 2.34. The minimum atomic E-state index is -0.140. The van der Waals surface area contributed by atoms with Crippen LogP contribution in [0.2, 0.25) is 0 Å². The van der Waals surface area contributed by atoms with E-state index < -0.39 is 0 Å². The molecule has 0 aliphatic heterocycles. The molecule has 0 bridgehead atoms. The molecule has 1 aliphatic rings. The minimum Gasteiger partial charge on any atom is -0.510 e. The fraction of sp³-hybridized carbons (Fsp3) is 0.529. The SMILES string of the molecule is CCCCCC1CC(C)C(O)=C(N=Nc2ccc(O)cn2)C1=O. The van der Waals surface area contributed by atoms with E-state index in [0.717, 1.165) is 25.7 Å². The molecule has 124 valence electrons. The van der Waals surface area contributed by atoms with E-state index in [1.165, 1.54) is 18.3 Å². The Bertz CT molecular complexity index is 608. The Morgan fingerprint density at radius 1 is 1.26 bits per heavy atom. The first-order chi connectivity index (χ1) is 11.0. The van der Waals surface area contributed by atoms with Gasteiger partial charge in [0.15, 0.2) is 17.3 Å². The number of pyridine rings is 1. The summed E-state index contributed by atoms with van der Waals surface area (Å²) in [6.07, 6.45) is 5.94. The molecular formula is C17H23N3O3. The van der Waals surface area contributed by atoms with E-state index in [1.54, 1.807) is 0 Å². The van der Waals surface area contributed by atoms with Gasteiger partial charge in [-0.3, -0.25) is 4.79 Å². The summed E-state index contributed by atoms with van der Waals surface area (Å²) in [6.45, 7) is 4.02. The molecule has 23 heavy (non-hydrogen) atoms. The van der Waals surface area contributed by atoms with Crippen molar-refractivity contribution < 1.29 is 15.0 Å². The zero-order valence-corrected chi connectivity index (χ0v) is 13.6. The fourth-order valence-corrected chi connectivity index (χ4v) is 2.73. The van der Waals surface area contributed by atoms with Crippen molar-refractivity contribution in [2.45, 2.75) is 46.0 Å². The van der Waals surface area contributed by atoms with Crippen molar-refractivity contribution in [3.05, 3.63) is 29.8 Å². The Morgan fingerprint density at radius 3 is 2.70 bits per heavy atom. The van der Waals surface area contributed by atoms with Crippen LogP contribution in [0.4, 0.5) is 5.82 Å². The summed E-state index contributed by atoms with van der Waals surface area (Å²) < 4.78 is 0. The number of unbranched alkanes of at least 4 members (excludes halogenated alkanes) is 2. The van der Waals surface area contributed by atoms with E-state index in [4.69, 9.17) is 0 Å². The maximum Gasteiger partial charge on any atom is 0.189 e. The third-order valence-electron chi connectivity index (χ3n) is 4.09. The van der Waals surface area contributed by atoms with Gasteiger partial charge < -0.3 is 10.2 Å². The van der Waals surface area contributed by atoms with E-state index in [9.17, 15) is 15.0 Å². The molecule has 1 aromatic rings. The Kier molecular flexibility index (Phi) is 5.84. The molecule has 1 aromatic heterocycles. The van der Waals surface area contributed by atoms with Gasteiger partial charge in [-0.15, -0.1) is 10.2 Å². The first-order valence-electron chi connectivity index (χ1n) is 8.07. The molecular weight excluding hydrogens is 294 g/mol. The van der Waals surface area contributed by atoms with Crippen LogP contribution in [0.5, 0.6) is 5.75 Å². The van der Waals surface area contributed by atoms with Crippen LogP contribution >= 0.6 is 0 Å². The van der Waals surface area contributed by atoms with Gasteiger partial charge in [-0.1, -0.05) is 33.1 Å². The van der Waals surface area contributed by atoms with Crippen LogP contribution in [-0.2, 0) is 4.79 Å². The van der Waals surface area contributed by atoms with Crippen LogP contribution < -0.4 is 0 Å². The number of ketones is 1. The van der Waals surface area contributed by atoms with Crippen molar-refractivity contribution >= 4 is 11.6 Å². The minimum absolute atomic E-state index is 0.00395. The quantitative estimate of drug-likeness (QED) is 0.598. The second-order valence-electron chi connectivity index (χ2n) is 6.00. The lowest BCUT2D eigenvalue weighted by Crippen LogP contribution is -2.26. The summed E-state index contributed by atoms with van der Waals surface area (Å²) >= 11 is 0. The monoisotopic (exact) mass is 317 g/mol. The lowest BCUT2D eigenvalue weighted by molar-refractivity contribution is -0.121. The molecule has 0 saturated heterocycles. The van der Waals surface area contributed by atoms with Crippen molar-refractivity contribution in [3.63, 3.8) is 0 Å². The second-order valence-corrected chi connectivity index (χ2v) is 6.00. The smallest absolute Gasteiger partial charge is 0.189 e. The van der Waals surface area contributed by atoms with Crippen molar-refractivity contribution in [3.8, 4) is 5.75 Å². The van der Waals surface area contributed by atoms with Crippen molar-refractivity contribution in [2.24, 2.45) is 22.1 Å². The van der Waals surface area contributed by atoms with Gasteiger partial charge in [0.05, 0.1) is 6.20 Å². The molecule has 1 aliphatic carbocycles. The van der Waals surface area contributed by atoms with E-state index in [0.29, 0.717) is 6.42 Å². The van der Waals surface area contributed by atoms with Gasteiger partial charge in [-0.25, -0.2) is 4.98 Å². The first kappa shape index (κ1) is 17.1. The molecule has 2 atom stereocenters. The molecule has 0 aromatic carbocycles. The van der Waals surface area contributed by atoms with Gasteiger partial charge in [-0.05, 0) is 25.0 Å². The molecule has 6 heteroatoms. The Balaban J connectivity index is 2.15. The third-order valence-corrected chi connectivity index (χ3v) is 4.09. The molecule has 2 unspecified atom stereocenters. The predicted molar refractivity (Wildman–Crippen MR) is 86.5 cm³/mol. The lowest BCUT2D eigenvalue weighted by atomic mass is 9.80. The van der Waals surface area contributed by atoms with Crippen molar-refractivity contribution in [2.75, 3.05) is 0 Å². The highest BCUT2D eigenvalue weighted by Gasteiger charge is 2.34. The van der Waals surface area contributed by atoms with E-state index in [2.05, 4.69) is 22.1 Å². The maximum atomic E-state index is 12.5. The number of aliphatic hydroxyl groups excluding tert-OH is 1. The highest BCUT2D eigenvalue weighted by molar-refractivity contribution is 5.98. The normalized spacial score (nSPS) is 22.1. The third kappa shape index (κ3) is 4.37. The molecule has 2 rings (SSSR count). The summed E-state index contributed by atoms with van der Waals surface area (Å²) in [6, 6.07) is 2.93. The molecule has 0 saturated carbocycles. The summed E-state index contributed by atoms with van der Waals surface area (Å²) in [5.74, 6) is -0.0280. The van der Waals surface area contributed by atoms with Crippen LogP contribution in [-0.4, -0.2) is 21.0 Å². The fourth-order valence-electron chi connectivity index (χ4n) is 2.73. The summed E-state index contributed by atoms with van der Waals surface area (Å²) in [4.78, 5) is 16.4. The van der Waals surface area contributed by atoms with Crippen LogP contribution in [0.3, 0.4) is 0 Å². The van der Waals surface area contributed by atoms with Crippen molar-refractivity contribution in [1.82, 2.24) is 4.98 Å². The van der Waals surface area contributed by atoms with Crippen LogP contribution in [0.1, 0.15) is 46.0 Å². The molecule has 0 spiro atoms. The Hall–Kier alpha value is -2.24. The molecule has 2 N–H and O–H groups in total. The van der Waals surface area contributed by atoms with Gasteiger partial charge in [0.1, 0.15) is 11.5 Å². The van der Waals surface area contributed by atoms with Crippen LogP contribution in [0.15, 0.2) is 40.0 Å². The number of azo groups is 1. The van der Waals surface area contributed by atoms with Gasteiger partial charge in [0.25, 0.3) is 0 Å². The number of nitrogens with zero attached hydrogens (tertiary/aromatic N) is 3. The number of carbonyl (C=O) groups excluding carboxylic acids is 1.